The molecule has 3 heterocycles. The Hall–Kier alpha value is -2.94. The smallest absolute Gasteiger partial charge is 0.345 e. The molecular weight excluding hydrogens is 431 g/mol. The lowest BCUT2D eigenvalue weighted by Gasteiger charge is -2.11. The Balaban J connectivity index is 0.00000132. The van der Waals surface area contributed by atoms with E-state index in [0.717, 1.165) is 10.9 Å². The summed E-state index contributed by atoms with van der Waals surface area (Å²) in [6.07, 6.45) is 3.52. The number of hydrogen-bond donors (Lipinski definition) is 2. The Bertz CT molecular complexity index is 1120. The van der Waals surface area contributed by atoms with E-state index in [4.69, 9.17) is 11.6 Å². The molecule has 4 rings (SSSR count). The minimum absolute atomic E-state index is 0.323. The highest BCUT2D eigenvalue weighted by atomic mass is 35.5. The van der Waals surface area contributed by atoms with Gasteiger partial charge in [0.25, 0.3) is 0 Å². The maximum absolute atomic E-state index is 12.4. The third-order valence-corrected chi connectivity index (χ3v) is 4.87. The first-order valence-electron chi connectivity index (χ1n) is 9.84. The predicted octanol–water partition coefficient (Wildman–Crippen LogP) is 5.32. The second-order valence-electron chi connectivity index (χ2n) is 6.65. The molecule has 1 amide bonds. The number of halogens is 4. The fourth-order valence-electron chi connectivity index (χ4n) is 3.40. The van der Waals surface area contributed by atoms with Crippen LogP contribution in [0.1, 0.15) is 38.8 Å². The van der Waals surface area contributed by atoms with Crippen LogP contribution in [0.15, 0.2) is 36.4 Å². The number of pyridine rings is 1. The van der Waals surface area contributed by atoms with Gasteiger partial charge in [0.15, 0.2) is 0 Å². The summed E-state index contributed by atoms with van der Waals surface area (Å²) in [5, 5.41) is 3.19. The molecule has 0 aliphatic heterocycles. The number of aromatic nitrogens is 4. The van der Waals surface area contributed by atoms with Gasteiger partial charge in [-0.05, 0) is 30.9 Å². The molecule has 0 aromatic carbocycles. The summed E-state index contributed by atoms with van der Waals surface area (Å²) in [5.74, 6) is -0.717. The average Bonchev–Trinajstić information content (AvgIpc) is 3.40. The van der Waals surface area contributed by atoms with Gasteiger partial charge in [-0.1, -0.05) is 25.4 Å². The monoisotopic (exact) mass is 451 g/mol. The number of nitrogens with one attached hydrogen (secondary N) is 2. The number of allylic oxidation sites excluding steroid dienone is 1. The van der Waals surface area contributed by atoms with Crippen LogP contribution in [0.3, 0.4) is 0 Å². The van der Waals surface area contributed by atoms with Crippen LogP contribution in [0.4, 0.5) is 13.2 Å². The zero-order chi connectivity index (χ0) is 22.6. The summed E-state index contributed by atoms with van der Waals surface area (Å²) in [7, 11) is 0. The number of hydrogen-bond acceptors (Lipinski definition) is 4. The zero-order valence-corrected chi connectivity index (χ0v) is 17.7. The normalized spacial score (nSPS) is 13.9. The van der Waals surface area contributed by atoms with Crippen molar-refractivity contribution in [3.8, 4) is 11.3 Å². The van der Waals surface area contributed by atoms with E-state index in [0.29, 0.717) is 52.5 Å². The van der Waals surface area contributed by atoms with E-state index in [9.17, 15) is 18.0 Å². The molecule has 3 aromatic rings. The van der Waals surface area contributed by atoms with Gasteiger partial charge in [0.05, 0.1) is 28.8 Å². The van der Waals surface area contributed by atoms with E-state index in [-0.39, 0.29) is 0 Å². The molecule has 31 heavy (non-hydrogen) atoms. The maximum atomic E-state index is 12.4. The average molecular weight is 452 g/mol. The molecule has 0 saturated heterocycles. The van der Waals surface area contributed by atoms with Gasteiger partial charge in [-0.3, -0.25) is 9.78 Å². The third kappa shape index (κ3) is 5.22. The molecule has 1 aliphatic carbocycles. The molecule has 164 valence electrons. The molecule has 3 aromatic heterocycles. The highest BCUT2D eigenvalue weighted by molar-refractivity contribution is 6.31. The van der Waals surface area contributed by atoms with Gasteiger partial charge < -0.3 is 10.3 Å². The number of H-pyrrole nitrogens is 1. The van der Waals surface area contributed by atoms with Gasteiger partial charge in [0.2, 0.25) is 5.91 Å². The zero-order valence-electron chi connectivity index (χ0n) is 17.0. The molecule has 10 heteroatoms. The van der Waals surface area contributed by atoms with Crippen molar-refractivity contribution in [2.75, 3.05) is 6.54 Å². The van der Waals surface area contributed by atoms with Gasteiger partial charge >= 0.3 is 6.18 Å². The van der Waals surface area contributed by atoms with Crippen molar-refractivity contribution >= 4 is 34.1 Å². The molecule has 0 unspecified atom stereocenters. The Kier molecular flexibility index (Phi) is 6.94. The topological polar surface area (TPSA) is 83.6 Å². The molecule has 0 fully saturated rings. The first kappa shape index (κ1) is 22.7. The summed E-state index contributed by atoms with van der Waals surface area (Å²) in [4.78, 5) is 28.3. The van der Waals surface area contributed by atoms with Crippen LogP contribution in [0.5, 0.6) is 0 Å². The fraction of sp³-hybridized carbons (Fsp3) is 0.333. The molecule has 0 saturated carbocycles. The predicted molar refractivity (Wildman–Crippen MR) is 113 cm³/mol. The van der Waals surface area contributed by atoms with Gasteiger partial charge in [-0.15, -0.1) is 0 Å². The van der Waals surface area contributed by atoms with Gasteiger partial charge in [0.1, 0.15) is 12.2 Å². The number of nitrogens with zero attached hydrogens (tertiary/aromatic N) is 3. The highest BCUT2D eigenvalue weighted by Gasteiger charge is 2.30. The van der Waals surface area contributed by atoms with Crippen LogP contribution in [0, 0.1) is 0 Å². The van der Waals surface area contributed by atoms with E-state index < -0.39 is 18.6 Å². The Morgan fingerprint density at radius 1 is 1.19 bits per heavy atom. The molecule has 0 spiro atoms. The van der Waals surface area contributed by atoms with Crippen LogP contribution in [-0.2, 0) is 4.79 Å². The molecule has 0 radical (unpaired) electrons. The van der Waals surface area contributed by atoms with Crippen LogP contribution >= 0.6 is 11.6 Å². The Labute approximate surface area is 182 Å². The van der Waals surface area contributed by atoms with Gasteiger partial charge in [0, 0.05) is 28.9 Å². The van der Waals surface area contributed by atoms with Crippen molar-refractivity contribution in [2.24, 2.45) is 0 Å². The SMILES string of the molecule is CC.O=C(NCC(F)(F)F)C1=C(c2cncc(-c3c[nH]c4ncc(Cl)cc34)n2)CCC1. The highest BCUT2D eigenvalue weighted by Crippen LogP contribution is 2.34. The lowest BCUT2D eigenvalue weighted by atomic mass is 10.1. The van der Waals surface area contributed by atoms with Crippen LogP contribution in [0.25, 0.3) is 27.9 Å². The first-order chi connectivity index (χ1) is 14.8. The largest absolute Gasteiger partial charge is 0.405 e. The summed E-state index contributed by atoms with van der Waals surface area (Å²) in [5.41, 5.74) is 3.35. The summed E-state index contributed by atoms with van der Waals surface area (Å²) >= 11 is 6.04. The number of aromatic amines is 1. The van der Waals surface area contributed by atoms with Crippen molar-refractivity contribution in [1.82, 2.24) is 25.3 Å². The minimum Gasteiger partial charge on any atom is -0.345 e. The Morgan fingerprint density at radius 3 is 2.68 bits per heavy atom. The second-order valence-corrected chi connectivity index (χ2v) is 7.09. The number of amides is 1. The molecule has 0 atom stereocenters. The summed E-state index contributed by atoms with van der Waals surface area (Å²) < 4.78 is 37.3. The number of rotatable bonds is 4. The number of fused-ring (bicyclic) bond motifs is 1. The van der Waals surface area contributed by atoms with Crippen molar-refractivity contribution in [2.45, 2.75) is 39.3 Å². The molecule has 0 bridgehead atoms. The number of carbonyl (C=O) groups excluding carboxylic acids is 1. The van der Waals surface area contributed by atoms with Gasteiger partial charge in [-0.2, -0.15) is 13.2 Å². The van der Waals surface area contributed by atoms with Crippen molar-refractivity contribution < 1.29 is 18.0 Å². The summed E-state index contributed by atoms with van der Waals surface area (Å²) in [6.45, 7) is 2.64. The van der Waals surface area contributed by atoms with Crippen molar-refractivity contribution in [3.63, 3.8) is 0 Å². The molecule has 6 nitrogen and oxygen atoms in total. The lowest BCUT2D eigenvalue weighted by molar-refractivity contribution is -0.136. The van der Waals surface area contributed by atoms with Gasteiger partial charge in [-0.25, -0.2) is 9.97 Å². The van der Waals surface area contributed by atoms with Crippen molar-refractivity contribution in [3.05, 3.63) is 47.1 Å². The van der Waals surface area contributed by atoms with E-state index in [1.807, 2.05) is 19.2 Å². The van der Waals surface area contributed by atoms with Crippen LogP contribution in [-0.4, -0.2) is 38.6 Å². The molecule has 1 aliphatic rings. The molecule has 2 N–H and O–H groups in total. The van der Waals surface area contributed by atoms with Crippen molar-refractivity contribution in [1.29, 1.82) is 0 Å². The summed E-state index contributed by atoms with van der Waals surface area (Å²) in [6, 6.07) is 1.76. The maximum Gasteiger partial charge on any atom is 0.405 e. The lowest BCUT2D eigenvalue weighted by Crippen LogP contribution is -2.34. The first-order valence-corrected chi connectivity index (χ1v) is 10.2. The van der Waals surface area contributed by atoms with Crippen LogP contribution < -0.4 is 5.32 Å². The van der Waals surface area contributed by atoms with E-state index in [1.165, 1.54) is 12.4 Å². The Morgan fingerprint density at radius 2 is 1.94 bits per heavy atom. The minimum atomic E-state index is -4.46. The standard InChI is InChI=1S/C19H15ClF3N5O.C2H6/c20-10-4-13-14(6-26-17(13)25-5-10)16-8-24-7-15(28-16)11-2-1-3-12(11)18(29)27-9-19(21,22)23;1-2/h4-8H,1-3,9H2,(H,25,26)(H,27,29);1-2H3. The van der Waals surface area contributed by atoms with E-state index >= 15 is 0 Å². The van der Waals surface area contributed by atoms with E-state index in [1.54, 1.807) is 18.5 Å². The van der Waals surface area contributed by atoms with E-state index in [2.05, 4.69) is 19.9 Å². The molecular formula is C21H21ClF3N5O. The quantitative estimate of drug-likeness (QED) is 0.562. The number of carbonyl (C=O) groups is 1. The van der Waals surface area contributed by atoms with Crippen LogP contribution in [0.2, 0.25) is 5.02 Å². The number of alkyl halides is 3. The fourth-order valence-corrected chi connectivity index (χ4v) is 3.55. The third-order valence-electron chi connectivity index (χ3n) is 4.66. The second kappa shape index (κ2) is 9.47.